The van der Waals surface area contributed by atoms with Crippen LogP contribution in [0, 0.1) is 12.8 Å². The van der Waals surface area contributed by atoms with E-state index < -0.39 is 0 Å². The molecule has 2 heterocycles. The first kappa shape index (κ1) is 24.0. The summed E-state index contributed by atoms with van der Waals surface area (Å²) in [4.78, 5) is 32.9. The maximum atomic E-state index is 13.7. The summed E-state index contributed by atoms with van der Waals surface area (Å²) in [5.41, 5.74) is 1.78. The number of hydrogen-bond acceptors (Lipinski definition) is 5. The van der Waals surface area contributed by atoms with Gasteiger partial charge in [-0.2, -0.15) is 0 Å². The fourth-order valence-corrected chi connectivity index (χ4v) is 6.48. The summed E-state index contributed by atoms with van der Waals surface area (Å²) < 4.78 is 5.11. The Morgan fingerprint density at radius 2 is 1.86 bits per heavy atom. The van der Waals surface area contributed by atoms with Gasteiger partial charge in [0.25, 0.3) is 0 Å². The highest BCUT2D eigenvalue weighted by Crippen LogP contribution is 2.49. The fraction of sp³-hybridized carbons (Fsp3) is 0.607. The number of aromatic nitrogens is 1. The molecule has 1 aromatic carbocycles. The molecule has 1 spiro atoms. The summed E-state index contributed by atoms with van der Waals surface area (Å²) in [6.45, 7) is 3.43. The SMILES string of the molecule is Cc1cc(CC(=O)CN2CC3(CCC(c4ccccc4)(N(C)C)CC3)N(CC3CCC3)C2=O)no1. The maximum Gasteiger partial charge on any atom is 0.321 e. The van der Waals surface area contributed by atoms with Gasteiger partial charge in [-0.05, 0) is 71.0 Å². The van der Waals surface area contributed by atoms with Crippen molar-refractivity contribution in [1.29, 1.82) is 0 Å². The average Bonchev–Trinajstić information content (AvgIpc) is 3.32. The Hall–Kier alpha value is -2.67. The minimum atomic E-state index is -0.189. The maximum absolute atomic E-state index is 13.7. The van der Waals surface area contributed by atoms with Gasteiger partial charge in [-0.25, -0.2) is 4.79 Å². The number of benzene rings is 1. The summed E-state index contributed by atoms with van der Waals surface area (Å²) >= 11 is 0. The molecule has 2 aromatic rings. The monoisotopic (exact) mass is 478 g/mol. The first-order chi connectivity index (χ1) is 16.8. The number of ketones is 1. The van der Waals surface area contributed by atoms with Crippen LogP contribution in [-0.4, -0.2) is 70.9 Å². The molecule has 2 aliphatic carbocycles. The van der Waals surface area contributed by atoms with Gasteiger partial charge in [0.1, 0.15) is 5.76 Å². The number of urea groups is 1. The van der Waals surface area contributed by atoms with E-state index in [2.05, 4.69) is 59.4 Å². The standard InChI is InChI=1S/C28H38N4O3/c1-21-16-24(29-35-21)17-25(33)19-31-20-27(32(26(31)34)18-22-8-7-9-22)12-14-28(15-13-27,30(2)3)23-10-5-4-6-11-23/h4-6,10-11,16,22H,7-9,12-15,17-20H2,1-3H3. The first-order valence-corrected chi connectivity index (χ1v) is 13.0. The van der Waals surface area contributed by atoms with Gasteiger partial charge in [-0.1, -0.05) is 41.9 Å². The molecule has 0 unspecified atom stereocenters. The molecule has 2 amide bonds. The minimum absolute atomic E-state index is 0.00928. The third kappa shape index (κ3) is 4.51. The van der Waals surface area contributed by atoms with Crippen LogP contribution in [0.5, 0.6) is 0 Å². The molecule has 3 fully saturated rings. The molecule has 7 nitrogen and oxygen atoms in total. The largest absolute Gasteiger partial charge is 0.361 e. The summed E-state index contributed by atoms with van der Waals surface area (Å²) in [6.07, 6.45) is 7.77. The van der Waals surface area contributed by atoms with Crippen LogP contribution < -0.4 is 0 Å². The van der Waals surface area contributed by atoms with Gasteiger partial charge in [-0.15, -0.1) is 0 Å². The lowest BCUT2D eigenvalue weighted by molar-refractivity contribution is -0.119. The molecule has 1 aliphatic heterocycles. The lowest BCUT2D eigenvalue weighted by atomic mass is 9.68. The highest BCUT2D eigenvalue weighted by atomic mass is 16.5. The smallest absolute Gasteiger partial charge is 0.321 e. The van der Waals surface area contributed by atoms with Crippen LogP contribution in [0.2, 0.25) is 0 Å². The molecule has 7 heteroatoms. The molecule has 5 rings (SSSR count). The fourth-order valence-electron chi connectivity index (χ4n) is 6.48. The van der Waals surface area contributed by atoms with Gasteiger partial charge in [0.2, 0.25) is 0 Å². The lowest BCUT2D eigenvalue weighted by Gasteiger charge is -2.51. The topological polar surface area (TPSA) is 69.9 Å². The molecule has 0 N–H and O–H groups in total. The van der Waals surface area contributed by atoms with Gasteiger partial charge in [0.05, 0.1) is 24.2 Å². The molecule has 0 radical (unpaired) electrons. The first-order valence-electron chi connectivity index (χ1n) is 13.0. The number of hydrogen-bond donors (Lipinski definition) is 0. The Morgan fingerprint density at radius 1 is 1.14 bits per heavy atom. The van der Waals surface area contributed by atoms with E-state index in [0.717, 1.165) is 32.2 Å². The summed E-state index contributed by atoms with van der Waals surface area (Å²) in [5.74, 6) is 1.30. The van der Waals surface area contributed by atoms with Crippen LogP contribution in [0.15, 0.2) is 40.9 Å². The Labute approximate surface area is 208 Å². The molecule has 188 valence electrons. The second-order valence-electron chi connectivity index (χ2n) is 11.2. The quantitative estimate of drug-likeness (QED) is 0.562. The third-order valence-electron chi connectivity index (χ3n) is 8.82. The van der Waals surface area contributed by atoms with Gasteiger partial charge in [0.15, 0.2) is 5.78 Å². The molecule has 2 saturated carbocycles. The zero-order valence-electron chi connectivity index (χ0n) is 21.3. The number of aryl methyl sites for hydroxylation is 1. The predicted molar refractivity (Wildman–Crippen MR) is 134 cm³/mol. The van der Waals surface area contributed by atoms with Crippen molar-refractivity contribution in [2.75, 3.05) is 33.7 Å². The van der Waals surface area contributed by atoms with Crippen molar-refractivity contribution in [3.63, 3.8) is 0 Å². The third-order valence-corrected chi connectivity index (χ3v) is 8.82. The Morgan fingerprint density at radius 3 is 2.43 bits per heavy atom. The number of Topliss-reactive ketones (excluding diaryl/α,β-unsaturated/α-hetero) is 1. The molecule has 1 aromatic heterocycles. The van der Waals surface area contributed by atoms with Crippen LogP contribution in [0.4, 0.5) is 4.79 Å². The van der Waals surface area contributed by atoms with E-state index in [9.17, 15) is 9.59 Å². The van der Waals surface area contributed by atoms with E-state index in [1.807, 2.05) is 6.92 Å². The van der Waals surface area contributed by atoms with Crippen molar-refractivity contribution in [2.24, 2.45) is 5.92 Å². The summed E-state index contributed by atoms with van der Waals surface area (Å²) in [6, 6.07) is 12.6. The molecule has 35 heavy (non-hydrogen) atoms. The van der Waals surface area contributed by atoms with E-state index in [1.54, 1.807) is 11.0 Å². The van der Waals surface area contributed by atoms with Crippen LogP contribution in [0.1, 0.15) is 62.0 Å². The van der Waals surface area contributed by atoms with Crippen molar-refractivity contribution in [3.8, 4) is 0 Å². The van der Waals surface area contributed by atoms with Gasteiger partial charge >= 0.3 is 6.03 Å². The summed E-state index contributed by atoms with van der Waals surface area (Å²) in [7, 11) is 4.35. The zero-order chi connectivity index (χ0) is 24.6. The molecular weight excluding hydrogens is 440 g/mol. The van der Waals surface area contributed by atoms with E-state index in [4.69, 9.17) is 4.52 Å². The van der Waals surface area contributed by atoms with Crippen LogP contribution in [0.3, 0.4) is 0 Å². The second-order valence-corrected chi connectivity index (χ2v) is 11.2. The number of carbonyl (C=O) groups excluding carboxylic acids is 2. The lowest BCUT2D eigenvalue weighted by Crippen LogP contribution is -2.56. The van der Waals surface area contributed by atoms with Crippen molar-refractivity contribution in [1.82, 2.24) is 19.9 Å². The Bertz CT molecular complexity index is 1050. The predicted octanol–water partition coefficient (Wildman–Crippen LogP) is 4.40. The van der Waals surface area contributed by atoms with Gasteiger partial charge < -0.3 is 14.3 Å². The van der Waals surface area contributed by atoms with Crippen molar-refractivity contribution in [3.05, 3.63) is 53.4 Å². The minimum Gasteiger partial charge on any atom is -0.361 e. The normalized spacial score (nSPS) is 27.1. The highest BCUT2D eigenvalue weighted by molar-refractivity contribution is 5.88. The summed E-state index contributed by atoms with van der Waals surface area (Å²) in [5, 5.41) is 3.95. The van der Waals surface area contributed by atoms with Crippen LogP contribution in [0.25, 0.3) is 0 Å². The average molecular weight is 479 g/mol. The molecular formula is C28H38N4O3. The number of carbonyl (C=O) groups is 2. The molecule has 1 saturated heterocycles. The van der Waals surface area contributed by atoms with E-state index in [0.29, 0.717) is 23.9 Å². The van der Waals surface area contributed by atoms with Gasteiger partial charge in [0, 0.05) is 24.7 Å². The Balaban J connectivity index is 1.34. The van der Waals surface area contributed by atoms with E-state index in [1.165, 1.54) is 24.8 Å². The van der Waals surface area contributed by atoms with Crippen molar-refractivity contribution < 1.29 is 14.1 Å². The Kier molecular flexibility index (Phi) is 6.47. The second kappa shape index (κ2) is 9.41. The number of amides is 2. The molecule has 0 atom stereocenters. The number of nitrogens with zero attached hydrogens (tertiary/aromatic N) is 4. The zero-order valence-corrected chi connectivity index (χ0v) is 21.3. The van der Waals surface area contributed by atoms with Crippen LogP contribution in [-0.2, 0) is 16.8 Å². The molecule has 3 aliphatic rings. The number of rotatable bonds is 8. The van der Waals surface area contributed by atoms with Crippen LogP contribution >= 0.6 is 0 Å². The van der Waals surface area contributed by atoms with Gasteiger partial charge in [-0.3, -0.25) is 9.69 Å². The van der Waals surface area contributed by atoms with Crippen molar-refractivity contribution in [2.45, 2.75) is 69.4 Å². The van der Waals surface area contributed by atoms with E-state index >= 15 is 0 Å². The molecule has 0 bridgehead atoms. The highest BCUT2D eigenvalue weighted by Gasteiger charge is 2.55. The van der Waals surface area contributed by atoms with E-state index in [-0.39, 0.29) is 35.9 Å². The van der Waals surface area contributed by atoms with Crippen molar-refractivity contribution >= 4 is 11.8 Å².